The van der Waals surface area contributed by atoms with E-state index in [1.165, 1.54) is 12.3 Å². The van der Waals surface area contributed by atoms with Gasteiger partial charge in [-0.15, -0.1) is 23.2 Å². The number of carbonyl (C=O) groups is 3. The predicted molar refractivity (Wildman–Crippen MR) is 85.2 cm³/mol. The van der Waals surface area contributed by atoms with Crippen LogP contribution in [0.5, 0.6) is 0 Å². The number of nitrogens with one attached hydrogen (secondary N) is 2. The Bertz CT molecular complexity index is 538. The third-order valence-corrected chi connectivity index (χ3v) is 3.17. The number of amides is 3. The topological polar surface area (TPSA) is 88.2 Å². The van der Waals surface area contributed by atoms with Crippen LogP contribution in [0.2, 0.25) is 0 Å². The first kappa shape index (κ1) is 18.4. The maximum Gasteiger partial charge on any atom is 0.261 e. The number of hydrogen-bond donors (Lipinski definition) is 2. The van der Waals surface area contributed by atoms with Gasteiger partial charge < -0.3 is 5.32 Å². The fraction of sp³-hybridized carbons (Fsp3) is 0.429. The molecule has 2 N–H and O–H groups in total. The maximum atomic E-state index is 12.1. The summed E-state index contributed by atoms with van der Waals surface area (Å²) in [6.07, 6.45) is 2.85. The van der Waals surface area contributed by atoms with E-state index in [2.05, 4.69) is 15.6 Å². The van der Waals surface area contributed by atoms with E-state index in [0.29, 0.717) is 24.6 Å². The number of carbonyl (C=O) groups excluding carboxylic acids is 3. The Morgan fingerprint density at radius 1 is 1.05 bits per heavy atom. The molecule has 0 aromatic carbocycles. The van der Waals surface area contributed by atoms with Gasteiger partial charge >= 0.3 is 0 Å². The van der Waals surface area contributed by atoms with Crippen molar-refractivity contribution in [3.63, 3.8) is 0 Å². The van der Waals surface area contributed by atoms with Gasteiger partial charge in [-0.2, -0.15) is 0 Å². The molecule has 1 heterocycles. The van der Waals surface area contributed by atoms with Crippen molar-refractivity contribution >= 4 is 46.7 Å². The summed E-state index contributed by atoms with van der Waals surface area (Å²) in [4.78, 5) is 39.3. The van der Waals surface area contributed by atoms with Crippen LogP contribution in [-0.2, 0) is 9.59 Å². The van der Waals surface area contributed by atoms with Crippen LogP contribution in [0.15, 0.2) is 18.3 Å². The highest BCUT2D eigenvalue weighted by atomic mass is 35.5. The van der Waals surface area contributed by atoms with Crippen molar-refractivity contribution in [1.82, 2.24) is 10.3 Å². The van der Waals surface area contributed by atoms with E-state index in [-0.39, 0.29) is 30.1 Å². The number of halogens is 2. The molecule has 3 amide bonds. The second-order valence-electron chi connectivity index (χ2n) is 4.41. The van der Waals surface area contributed by atoms with Crippen LogP contribution in [0.3, 0.4) is 0 Å². The molecule has 1 aromatic heterocycles. The number of pyridine rings is 1. The molecule has 0 aliphatic heterocycles. The quantitative estimate of drug-likeness (QED) is 0.707. The van der Waals surface area contributed by atoms with Crippen LogP contribution in [0.25, 0.3) is 0 Å². The fourth-order valence-electron chi connectivity index (χ4n) is 1.59. The predicted octanol–water partition coefficient (Wildman–Crippen LogP) is 2.31. The summed E-state index contributed by atoms with van der Waals surface area (Å²) < 4.78 is 0. The first-order chi connectivity index (χ1) is 10.6. The molecule has 1 aromatic rings. The lowest BCUT2D eigenvalue weighted by Gasteiger charge is -2.09. The Hall–Kier alpha value is -1.66. The largest absolute Gasteiger partial charge is 0.310 e. The van der Waals surface area contributed by atoms with Gasteiger partial charge in [0.05, 0.1) is 5.56 Å². The average Bonchev–Trinajstić information content (AvgIpc) is 2.51. The zero-order valence-corrected chi connectivity index (χ0v) is 13.4. The molecule has 6 nitrogen and oxygen atoms in total. The molecule has 0 bridgehead atoms. The molecule has 0 aliphatic rings. The van der Waals surface area contributed by atoms with Crippen LogP contribution in [0.1, 0.15) is 36.0 Å². The molecule has 0 atom stereocenters. The van der Waals surface area contributed by atoms with Gasteiger partial charge in [0.1, 0.15) is 5.82 Å². The highest BCUT2D eigenvalue weighted by Gasteiger charge is 2.16. The Morgan fingerprint density at radius 3 is 2.32 bits per heavy atom. The molecular weight excluding hydrogens is 329 g/mol. The van der Waals surface area contributed by atoms with E-state index in [0.717, 1.165) is 0 Å². The van der Waals surface area contributed by atoms with Gasteiger partial charge in [0.2, 0.25) is 11.8 Å². The van der Waals surface area contributed by atoms with Gasteiger partial charge in [-0.1, -0.05) is 0 Å². The van der Waals surface area contributed by atoms with Crippen LogP contribution in [0, 0.1) is 0 Å². The summed E-state index contributed by atoms with van der Waals surface area (Å²) in [6, 6.07) is 3.03. The molecule has 0 saturated carbocycles. The standard InChI is InChI=1S/C14H17Cl2N3O3/c15-7-1-5-11(20)18-13-10(4-3-9-17-13)14(22)19-12(21)6-2-8-16/h3-4,9H,1-2,5-8H2,(H,17,18,20)(H,19,21,22). The summed E-state index contributed by atoms with van der Waals surface area (Å²) >= 11 is 11.0. The molecule has 22 heavy (non-hydrogen) atoms. The number of anilines is 1. The number of hydrogen-bond acceptors (Lipinski definition) is 4. The van der Waals surface area contributed by atoms with Gasteiger partial charge in [-0.3, -0.25) is 19.7 Å². The first-order valence-corrected chi connectivity index (χ1v) is 7.86. The van der Waals surface area contributed by atoms with Crippen molar-refractivity contribution in [3.05, 3.63) is 23.9 Å². The molecule has 0 aliphatic carbocycles. The molecule has 0 spiro atoms. The van der Waals surface area contributed by atoms with Crippen molar-refractivity contribution in [3.8, 4) is 0 Å². The van der Waals surface area contributed by atoms with Gasteiger partial charge in [0.15, 0.2) is 0 Å². The van der Waals surface area contributed by atoms with E-state index < -0.39 is 11.8 Å². The Morgan fingerprint density at radius 2 is 1.68 bits per heavy atom. The second kappa shape index (κ2) is 10.1. The van der Waals surface area contributed by atoms with Gasteiger partial charge in [-0.05, 0) is 25.0 Å². The van der Waals surface area contributed by atoms with Crippen molar-refractivity contribution < 1.29 is 14.4 Å². The number of nitrogens with zero attached hydrogens (tertiary/aromatic N) is 1. The van der Waals surface area contributed by atoms with E-state index in [9.17, 15) is 14.4 Å². The summed E-state index contributed by atoms with van der Waals surface area (Å²) in [5, 5.41) is 4.78. The highest BCUT2D eigenvalue weighted by Crippen LogP contribution is 2.12. The van der Waals surface area contributed by atoms with E-state index in [1.807, 2.05) is 0 Å². The van der Waals surface area contributed by atoms with Crippen LogP contribution in [0.4, 0.5) is 5.82 Å². The highest BCUT2D eigenvalue weighted by molar-refractivity contribution is 6.18. The molecular formula is C14H17Cl2N3O3. The summed E-state index contributed by atoms with van der Waals surface area (Å²) in [6.45, 7) is 0. The molecule has 120 valence electrons. The van der Waals surface area contributed by atoms with Crippen LogP contribution >= 0.6 is 23.2 Å². The summed E-state index contributed by atoms with van der Waals surface area (Å²) in [7, 11) is 0. The minimum absolute atomic E-state index is 0.115. The number of imide groups is 1. The SMILES string of the molecule is O=C(CCCCl)NC(=O)c1cccnc1NC(=O)CCCCl. The van der Waals surface area contributed by atoms with Crippen molar-refractivity contribution in [2.24, 2.45) is 0 Å². The van der Waals surface area contributed by atoms with Crippen LogP contribution < -0.4 is 10.6 Å². The zero-order valence-electron chi connectivity index (χ0n) is 11.9. The molecule has 0 unspecified atom stereocenters. The lowest BCUT2D eigenvalue weighted by atomic mass is 10.2. The van der Waals surface area contributed by atoms with Crippen molar-refractivity contribution in [2.75, 3.05) is 17.1 Å². The molecule has 0 fully saturated rings. The molecule has 0 saturated heterocycles. The normalized spacial score (nSPS) is 10.1. The summed E-state index contributed by atoms with van der Waals surface area (Å²) in [5.41, 5.74) is 0.126. The van der Waals surface area contributed by atoms with E-state index >= 15 is 0 Å². The summed E-state index contributed by atoms with van der Waals surface area (Å²) in [5.74, 6) is -0.491. The van der Waals surface area contributed by atoms with Gasteiger partial charge in [-0.25, -0.2) is 4.98 Å². The minimum Gasteiger partial charge on any atom is -0.310 e. The van der Waals surface area contributed by atoms with Crippen LogP contribution in [-0.4, -0.2) is 34.5 Å². The van der Waals surface area contributed by atoms with Gasteiger partial charge in [0, 0.05) is 30.8 Å². The monoisotopic (exact) mass is 345 g/mol. The van der Waals surface area contributed by atoms with E-state index in [1.54, 1.807) is 6.07 Å². The average molecular weight is 346 g/mol. The minimum atomic E-state index is -0.611. The lowest BCUT2D eigenvalue weighted by molar-refractivity contribution is -0.120. The molecule has 1 rings (SSSR count). The Labute approximate surface area is 138 Å². The number of aromatic nitrogens is 1. The van der Waals surface area contributed by atoms with Gasteiger partial charge in [0.25, 0.3) is 5.91 Å². The molecule has 8 heteroatoms. The van der Waals surface area contributed by atoms with Crippen molar-refractivity contribution in [2.45, 2.75) is 25.7 Å². The zero-order chi connectivity index (χ0) is 16.4. The third-order valence-electron chi connectivity index (χ3n) is 2.64. The fourth-order valence-corrected chi connectivity index (χ4v) is 1.86. The smallest absolute Gasteiger partial charge is 0.261 e. The molecule has 0 radical (unpaired) electrons. The second-order valence-corrected chi connectivity index (χ2v) is 5.17. The Kier molecular flexibility index (Phi) is 8.47. The first-order valence-electron chi connectivity index (χ1n) is 6.79. The number of alkyl halides is 2. The van der Waals surface area contributed by atoms with Crippen molar-refractivity contribution in [1.29, 1.82) is 0 Å². The van der Waals surface area contributed by atoms with E-state index in [4.69, 9.17) is 23.2 Å². The Balaban J connectivity index is 2.71. The maximum absolute atomic E-state index is 12.1. The number of rotatable bonds is 8. The lowest BCUT2D eigenvalue weighted by Crippen LogP contribution is -2.31. The third kappa shape index (κ3) is 6.41.